The predicted octanol–water partition coefficient (Wildman–Crippen LogP) is 5.62. The number of ether oxygens (including phenoxy) is 2. The third-order valence-corrected chi connectivity index (χ3v) is 7.94. The van der Waals surface area contributed by atoms with E-state index in [9.17, 15) is 14.4 Å². The van der Waals surface area contributed by atoms with Gasteiger partial charge in [0.25, 0.3) is 5.91 Å². The number of rotatable bonds is 9. The second kappa shape index (κ2) is 12.0. The molecule has 39 heavy (non-hydrogen) atoms. The van der Waals surface area contributed by atoms with Gasteiger partial charge >= 0.3 is 5.97 Å². The van der Waals surface area contributed by atoms with Gasteiger partial charge in [0.1, 0.15) is 5.75 Å². The van der Waals surface area contributed by atoms with Crippen molar-refractivity contribution in [2.24, 2.45) is 5.41 Å². The minimum atomic E-state index is -0.552. The summed E-state index contributed by atoms with van der Waals surface area (Å²) in [7, 11) is 1.55. The number of nitrogens with one attached hydrogen (secondary N) is 1. The summed E-state index contributed by atoms with van der Waals surface area (Å²) in [6.07, 6.45) is 8.74. The molecule has 2 aliphatic carbocycles. The molecule has 1 aromatic heterocycles. The van der Waals surface area contributed by atoms with Crippen LogP contribution < -0.4 is 10.1 Å². The average Bonchev–Trinajstić information content (AvgIpc) is 3.29. The predicted molar refractivity (Wildman–Crippen MR) is 150 cm³/mol. The zero-order chi connectivity index (χ0) is 28.2. The first-order valence-corrected chi connectivity index (χ1v) is 13.8. The Labute approximate surface area is 230 Å². The molecule has 1 aromatic carbocycles. The summed E-state index contributed by atoms with van der Waals surface area (Å²) in [5.41, 5.74) is 4.26. The van der Waals surface area contributed by atoms with Gasteiger partial charge in [-0.05, 0) is 77.5 Å². The van der Waals surface area contributed by atoms with Crippen LogP contribution in [0.4, 0.5) is 0 Å². The van der Waals surface area contributed by atoms with Crippen molar-refractivity contribution in [3.63, 3.8) is 0 Å². The van der Waals surface area contributed by atoms with E-state index in [-0.39, 0.29) is 23.7 Å². The van der Waals surface area contributed by atoms with Gasteiger partial charge in [0.2, 0.25) is 0 Å². The molecule has 1 heterocycles. The second-order valence-corrected chi connectivity index (χ2v) is 10.7. The number of methoxy groups -OCH3 is 1. The molecule has 2 aromatic rings. The number of amides is 1. The van der Waals surface area contributed by atoms with E-state index in [2.05, 4.69) is 5.32 Å². The van der Waals surface area contributed by atoms with Crippen molar-refractivity contribution >= 4 is 23.2 Å². The number of Topliss-reactive ketones (excluding diaryl/α,β-unsaturated/α-hetero) is 1. The number of carbonyl (C=O) groups is 3. The first-order chi connectivity index (χ1) is 18.7. The summed E-state index contributed by atoms with van der Waals surface area (Å²) >= 11 is 0. The molecule has 1 fully saturated rings. The highest BCUT2D eigenvalue weighted by atomic mass is 16.5. The molecule has 1 amide bonds. The van der Waals surface area contributed by atoms with Gasteiger partial charge in [-0.2, -0.15) is 5.10 Å². The minimum absolute atomic E-state index is 0.0162. The van der Waals surface area contributed by atoms with Crippen molar-refractivity contribution in [2.45, 2.75) is 72.3 Å². The molecule has 0 radical (unpaired) electrons. The number of benzene rings is 1. The van der Waals surface area contributed by atoms with Gasteiger partial charge in [-0.3, -0.25) is 19.1 Å². The van der Waals surface area contributed by atoms with E-state index in [4.69, 9.17) is 14.6 Å². The highest BCUT2D eigenvalue weighted by Crippen LogP contribution is 2.43. The molecule has 0 spiro atoms. The molecule has 2 unspecified atom stereocenters. The van der Waals surface area contributed by atoms with Crippen LogP contribution in [0, 0.1) is 12.3 Å². The Kier molecular flexibility index (Phi) is 8.73. The maximum absolute atomic E-state index is 12.7. The molecule has 0 aliphatic heterocycles. The van der Waals surface area contributed by atoms with E-state index in [0.29, 0.717) is 36.4 Å². The Bertz CT molecular complexity index is 1320. The van der Waals surface area contributed by atoms with Crippen LogP contribution in [0.5, 0.6) is 5.75 Å². The van der Waals surface area contributed by atoms with E-state index in [0.717, 1.165) is 54.6 Å². The quantitative estimate of drug-likeness (QED) is 0.332. The van der Waals surface area contributed by atoms with Gasteiger partial charge < -0.3 is 14.8 Å². The summed E-state index contributed by atoms with van der Waals surface area (Å²) < 4.78 is 12.6. The fourth-order valence-corrected chi connectivity index (χ4v) is 5.82. The Morgan fingerprint density at radius 2 is 1.95 bits per heavy atom. The summed E-state index contributed by atoms with van der Waals surface area (Å²) in [6.45, 7) is 8.14. The average molecular weight is 534 g/mol. The smallest absolute Gasteiger partial charge is 0.311 e. The van der Waals surface area contributed by atoms with Crippen LogP contribution in [0.15, 0.2) is 42.0 Å². The maximum Gasteiger partial charge on any atom is 0.311 e. The lowest BCUT2D eigenvalue weighted by Gasteiger charge is -2.36. The molecule has 2 atom stereocenters. The van der Waals surface area contributed by atoms with Gasteiger partial charge in [0.05, 0.1) is 42.0 Å². The van der Waals surface area contributed by atoms with Gasteiger partial charge in [-0.25, -0.2) is 0 Å². The molecule has 8 heteroatoms. The number of aromatic nitrogens is 2. The highest BCUT2D eigenvalue weighted by molar-refractivity contribution is 6.00. The SMILES string of the molecule is CCOC(=O)C1(C)CCCC(n2nc(C3=CC=C(CNC(=O)c4ccccc4OC)CC3)c(C(C)=O)c2C)C1. The van der Waals surface area contributed by atoms with Gasteiger partial charge in [-0.1, -0.05) is 36.3 Å². The molecule has 2 aliphatic rings. The second-order valence-electron chi connectivity index (χ2n) is 10.7. The lowest BCUT2D eigenvalue weighted by Crippen LogP contribution is -2.36. The summed E-state index contributed by atoms with van der Waals surface area (Å²) in [6, 6.07) is 7.18. The third kappa shape index (κ3) is 6.00. The van der Waals surface area contributed by atoms with E-state index in [1.54, 1.807) is 26.2 Å². The van der Waals surface area contributed by atoms with Gasteiger partial charge in [0.15, 0.2) is 5.78 Å². The lowest BCUT2D eigenvalue weighted by atomic mass is 9.73. The van der Waals surface area contributed by atoms with Gasteiger partial charge in [0, 0.05) is 12.2 Å². The van der Waals surface area contributed by atoms with E-state index < -0.39 is 5.41 Å². The summed E-state index contributed by atoms with van der Waals surface area (Å²) in [5.74, 6) is 0.186. The van der Waals surface area contributed by atoms with Crippen molar-refractivity contribution in [2.75, 3.05) is 20.3 Å². The Morgan fingerprint density at radius 3 is 2.62 bits per heavy atom. The third-order valence-electron chi connectivity index (χ3n) is 7.94. The molecule has 1 N–H and O–H groups in total. The van der Waals surface area contributed by atoms with Crippen LogP contribution in [0.1, 0.15) is 97.4 Å². The number of carbonyl (C=O) groups excluding carboxylic acids is 3. The maximum atomic E-state index is 12.7. The zero-order valence-corrected chi connectivity index (χ0v) is 23.6. The Balaban J connectivity index is 1.53. The highest BCUT2D eigenvalue weighted by Gasteiger charge is 2.41. The molecular formula is C31H39N3O5. The van der Waals surface area contributed by atoms with Crippen molar-refractivity contribution in [1.82, 2.24) is 15.1 Å². The summed E-state index contributed by atoms with van der Waals surface area (Å²) in [4.78, 5) is 38.1. The molecule has 0 bridgehead atoms. The summed E-state index contributed by atoms with van der Waals surface area (Å²) in [5, 5.41) is 7.95. The number of para-hydroxylation sites is 1. The Hall–Kier alpha value is -3.68. The topological polar surface area (TPSA) is 99.5 Å². The first-order valence-electron chi connectivity index (χ1n) is 13.8. The van der Waals surface area contributed by atoms with Gasteiger partial charge in [-0.15, -0.1) is 0 Å². The van der Waals surface area contributed by atoms with Crippen LogP contribution >= 0.6 is 0 Å². The van der Waals surface area contributed by atoms with Crippen LogP contribution in [0.3, 0.4) is 0 Å². The van der Waals surface area contributed by atoms with Crippen molar-refractivity contribution in [3.05, 3.63) is 64.5 Å². The molecule has 8 nitrogen and oxygen atoms in total. The van der Waals surface area contributed by atoms with Crippen LogP contribution in [0.2, 0.25) is 0 Å². The number of esters is 1. The molecular weight excluding hydrogens is 494 g/mol. The number of hydrogen-bond acceptors (Lipinski definition) is 6. The monoisotopic (exact) mass is 533 g/mol. The van der Waals surface area contributed by atoms with E-state index in [1.165, 1.54) is 0 Å². The number of ketones is 1. The standard InChI is InChI=1S/C31H39N3O5/c1-6-39-30(37)31(4)17-9-10-24(18-31)34-20(2)27(21(3)35)28(33-34)23-15-13-22(14-16-23)19-32-29(36)25-11-7-8-12-26(25)38-5/h7-8,11-13,15,24H,6,9-10,14,16-19H2,1-5H3,(H,32,36). The van der Waals surface area contributed by atoms with Crippen molar-refractivity contribution in [3.8, 4) is 5.75 Å². The van der Waals surface area contributed by atoms with Crippen LogP contribution in [-0.4, -0.2) is 47.7 Å². The molecule has 208 valence electrons. The molecule has 0 saturated heterocycles. The van der Waals surface area contributed by atoms with E-state index >= 15 is 0 Å². The molecule has 4 rings (SSSR count). The Morgan fingerprint density at radius 1 is 1.18 bits per heavy atom. The van der Waals surface area contributed by atoms with Crippen LogP contribution in [0.25, 0.3) is 5.57 Å². The molecule has 1 saturated carbocycles. The van der Waals surface area contributed by atoms with Crippen LogP contribution in [-0.2, 0) is 9.53 Å². The number of allylic oxidation sites excluding steroid dienone is 3. The lowest BCUT2D eigenvalue weighted by molar-refractivity contribution is -0.157. The number of hydrogen-bond donors (Lipinski definition) is 1. The van der Waals surface area contributed by atoms with E-state index in [1.807, 2.05) is 49.7 Å². The van der Waals surface area contributed by atoms with Crippen molar-refractivity contribution < 1.29 is 23.9 Å². The first kappa shape index (κ1) is 28.3. The zero-order valence-electron chi connectivity index (χ0n) is 23.6. The number of nitrogens with zero attached hydrogens (tertiary/aromatic N) is 2. The minimum Gasteiger partial charge on any atom is -0.496 e. The normalized spacial score (nSPS) is 21.0. The van der Waals surface area contributed by atoms with Crippen molar-refractivity contribution in [1.29, 1.82) is 0 Å². The fraction of sp³-hybridized carbons (Fsp3) is 0.484. The largest absolute Gasteiger partial charge is 0.496 e. The fourth-order valence-electron chi connectivity index (χ4n) is 5.82.